The molecule has 0 aliphatic heterocycles. The summed E-state index contributed by atoms with van der Waals surface area (Å²) in [4.78, 5) is 12.1. The second-order valence-corrected chi connectivity index (χ2v) is 5.22. The monoisotopic (exact) mass is 339 g/mol. The normalized spacial score (nSPS) is 10.6. The van der Waals surface area contributed by atoms with Crippen LogP contribution in [0.2, 0.25) is 0 Å². The number of hydrogen-bond acceptors (Lipinski definition) is 2. The third kappa shape index (κ3) is 3.19. The van der Waals surface area contributed by atoms with Gasteiger partial charge in [0, 0.05) is 23.8 Å². The van der Waals surface area contributed by atoms with E-state index in [9.17, 15) is 9.18 Å². The summed E-state index contributed by atoms with van der Waals surface area (Å²) in [6.45, 7) is 2.83. The smallest absolute Gasteiger partial charge is 0.268 e. The number of amides is 1. The van der Waals surface area contributed by atoms with E-state index >= 15 is 0 Å². The maximum absolute atomic E-state index is 13.2. The van der Waals surface area contributed by atoms with E-state index < -0.39 is 0 Å². The number of carbonyl (C=O) groups excluding carboxylic acids is 1. The molecular formula is C14H15BrFN3O. The van der Waals surface area contributed by atoms with Crippen molar-refractivity contribution in [3.63, 3.8) is 0 Å². The average Bonchev–Trinajstić information content (AvgIpc) is 2.80. The number of rotatable bonds is 4. The van der Waals surface area contributed by atoms with Crippen molar-refractivity contribution in [1.29, 1.82) is 0 Å². The molecule has 0 saturated carbocycles. The Morgan fingerprint density at radius 2 is 2.20 bits per heavy atom. The number of nitrogens with one attached hydrogen (secondary N) is 1. The first-order chi connectivity index (χ1) is 9.51. The molecule has 2 aromatic rings. The van der Waals surface area contributed by atoms with E-state index in [1.165, 1.54) is 12.1 Å². The molecule has 0 radical (unpaired) electrons. The van der Waals surface area contributed by atoms with Crippen molar-refractivity contribution >= 4 is 27.5 Å². The molecule has 106 valence electrons. The lowest BCUT2D eigenvalue weighted by Gasteiger charge is -2.09. The van der Waals surface area contributed by atoms with E-state index in [1.54, 1.807) is 22.9 Å². The van der Waals surface area contributed by atoms with Gasteiger partial charge >= 0.3 is 0 Å². The first-order valence-electron chi connectivity index (χ1n) is 6.19. The minimum absolute atomic E-state index is 0.236. The highest BCUT2D eigenvalue weighted by molar-refractivity contribution is 9.10. The van der Waals surface area contributed by atoms with Gasteiger partial charge in [-0.1, -0.05) is 15.9 Å². The molecule has 1 heterocycles. The lowest BCUT2D eigenvalue weighted by Crippen LogP contribution is -2.25. The molecule has 2 rings (SSSR count). The zero-order chi connectivity index (χ0) is 14.7. The van der Waals surface area contributed by atoms with Crippen LogP contribution in [0.15, 0.2) is 34.9 Å². The Balaban J connectivity index is 2.10. The fraction of sp³-hybridized carbons (Fsp3) is 0.214. The van der Waals surface area contributed by atoms with E-state index in [0.29, 0.717) is 23.5 Å². The Bertz CT molecular complexity index is 639. The molecule has 1 aromatic heterocycles. The summed E-state index contributed by atoms with van der Waals surface area (Å²) in [6.07, 6.45) is 1.72. The van der Waals surface area contributed by atoms with Gasteiger partial charge in [0.15, 0.2) is 0 Å². The number of aromatic nitrogens is 1. The number of halogens is 2. The SMILES string of the molecule is CCn1cc(N)cc1C(=O)NCc1cc(F)ccc1Br. The number of anilines is 1. The van der Waals surface area contributed by atoms with Crippen molar-refractivity contribution in [2.24, 2.45) is 0 Å². The van der Waals surface area contributed by atoms with Crippen molar-refractivity contribution in [3.05, 3.63) is 52.0 Å². The third-order valence-corrected chi connectivity index (χ3v) is 3.71. The van der Waals surface area contributed by atoms with Gasteiger partial charge in [-0.3, -0.25) is 4.79 Å². The van der Waals surface area contributed by atoms with Gasteiger partial charge < -0.3 is 15.6 Å². The topological polar surface area (TPSA) is 60.0 Å². The summed E-state index contributed by atoms with van der Waals surface area (Å²) in [6, 6.07) is 5.99. The van der Waals surface area contributed by atoms with Gasteiger partial charge in [0.1, 0.15) is 11.5 Å². The molecule has 3 N–H and O–H groups in total. The molecule has 20 heavy (non-hydrogen) atoms. The molecule has 0 aliphatic carbocycles. The highest BCUT2D eigenvalue weighted by Crippen LogP contribution is 2.18. The predicted molar refractivity (Wildman–Crippen MR) is 79.8 cm³/mol. The van der Waals surface area contributed by atoms with Crippen LogP contribution in [0.1, 0.15) is 23.0 Å². The maximum Gasteiger partial charge on any atom is 0.268 e. The Morgan fingerprint density at radius 3 is 2.90 bits per heavy atom. The molecule has 0 saturated heterocycles. The van der Waals surface area contributed by atoms with Crippen molar-refractivity contribution in [2.75, 3.05) is 5.73 Å². The van der Waals surface area contributed by atoms with Gasteiger partial charge in [-0.15, -0.1) is 0 Å². The van der Waals surface area contributed by atoms with Crippen LogP contribution in [-0.2, 0) is 13.1 Å². The summed E-state index contributed by atoms with van der Waals surface area (Å²) >= 11 is 3.33. The van der Waals surface area contributed by atoms with E-state index in [0.717, 1.165) is 4.47 Å². The van der Waals surface area contributed by atoms with Crippen molar-refractivity contribution < 1.29 is 9.18 Å². The first-order valence-corrected chi connectivity index (χ1v) is 6.98. The molecule has 0 atom stereocenters. The number of nitrogen functional groups attached to an aromatic ring is 1. The molecule has 1 amide bonds. The molecule has 0 bridgehead atoms. The fourth-order valence-electron chi connectivity index (χ4n) is 1.93. The summed E-state index contributed by atoms with van der Waals surface area (Å²) in [5.74, 6) is -0.571. The second kappa shape index (κ2) is 6.09. The van der Waals surface area contributed by atoms with Crippen molar-refractivity contribution in [1.82, 2.24) is 9.88 Å². The number of carbonyl (C=O) groups is 1. The van der Waals surface area contributed by atoms with Crippen molar-refractivity contribution in [3.8, 4) is 0 Å². The van der Waals surface area contributed by atoms with E-state index in [-0.39, 0.29) is 18.3 Å². The van der Waals surface area contributed by atoms with Gasteiger partial charge in [-0.2, -0.15) is 0 Å². The Labute approximate surface area is 124 Å². The molecular weight excluding hydrogens is 325 g/mol. The molecule has 0 spiro atoms. The zero-order valence-electron chi connectivity index (χ0n) is 11.0. The first kappa shape index (κ1) is 14.6. The Kier molecular flexibility index (Phi) is 4.44. The number of nitrogens with zero attached hydrogens (tertiary/aromatic N) is 1. The number of nitrogens with two attached hydrogens (primary N) is 1. The molecule has 0 unspecified atom stereocenters. The minimum Gasteiger partial charge on any atom is -0.397 e. The van der Waals surface area contributed by atoms with Crippen LogP contribution in [0.3, 0.4) is 0 Å². The van der Waals surface area contributed by atoms with Gasteiger partial charge in [-0.05, 0) is 36.8 Å². The second-order valence-electron chi connectivity index (χ2n) is 4.36. The van der Waals surface area contributed by atoms with Crippen molar-refractivity contribution in [2.45, 2.75) is 20.0 Å². The number of benzene rings is 1. The maximum atomic E-state index is 13.2. The van der Waals surface area contributed by atoms with Crippen LogP contribution < -0.4 is 11.1 Å². The molecule has 6 heteroatoms. The summed E-state index contributed by atoms with van der Waals surface area (Å²) in [5, 5.41) is 2.76. The van der Waals surface area contributed by atoms with Crippen LogP contribution in [0.4, 0.5) is 10.1 Å². The lowest BCUT2D eigenvalue weighted by molar-refractivity contribution is 0.0941. The summed E-state index contributed by atoms with van der Waals surface area (Å²) in [5.41, 5.74) is 7.41. The van der Waals surface area contributed by atoms with Crippen LogP contribution in [-0.4, -0.2) is 10.5 Å². The Hall–Kier alpha value is -1.82. The highest BCUT2D eigenvalue weighted by Gasteiger charge is 2.12. The van der Waals surface area contributed by atoms with E-state index in [2.05, 4.69) is 21.2 Å². The van der Waals surface area contributed by atoms with Crippen LogP contribution >= 0.6 is 15.9 Å². The van der Waals surface area contributed by atoms with E-state index in [1.807, 2.05) is 6.92 Å². The quantitative estimate of drug-likeness (QED) is 0.899. The van der Waals surface area contributed by atoms with Crippen LogP contribution in [0, 0.1) is 5.82 Å². The lowest BCUT2D eigenvalue weighted by atomic mass is 10.2. The van der Waals surface area contributed by atoms with Gasteiger partial charge in [0.25, 0.3) is 5.91 Å². The summed E-state index contributed by atoms with van der Waals surface area (Å²) in [7, 11) is 0. The molecule has 1 aromatic carbocycles. The molecule has 0 aliphatic rings. The predicted octanol–water partition coefficient (Wildman–Crippen LogP) is 2.92. The summed E-state index contributed by atoms with van der Waals surface area (Å²) < 4.78 is 15.7. The number of hydrogen-bond donors (Lipinski definition) is 2. The number of aryl methyl sites for hydroxylation is 1. The third-order valence-electron chi connectivity index (χ3n) is 2.94. The van der Waals surface area contributed by atoms with Gasteiger partial charge in [0.05, 0.1) is 5.69 Å². The van der Waals surface area contributed by atoms with Gasteiger partial charge in [-0.25, -0.2) is 4.39 Å². The zero-order valence-corrected chi connectivity index (χ0v) is 12.6. The standard InChI is InChI=1S/C14H15BrFN3O/c1-2-19-8-11(17)6-13(19)14(20)18-7-9-5-10(16)3-4-12(9)15/h3-6,8H,2,7,17H2,1H3,(H,18,20). The Morgan fingerprint density at radius 1 is 1.45 bits per heavy atom. The van der Waals surface area contributed by atoms with E-state index in [4.69, 9.17) is 5.73 Å². The van der Waals surface area contributed by atoms with Crippen LogP contribution in [0.25, 0.3) is 0 Å². The largest absolute Gasteiger partial charge is 0.397 e. The molecule has 4 nitrogen and oxygen atoms in total. The average molecular weight is 340 g/mol. The minimum atomic E-state index is -0.335. The van der Waals surface area contributed by atoms with Crippen LogP contribution in [0.5, 0.6) is 0 Å². The fourth-order valence-corrected chi connectivity index (χ4v) is 2.32. The molecule has 0 fully saturated rings. The highest BCUT2D eigenvalue weighted by atomic mass is 79.9. The van der Waals surface area contributed by atoms with Gasteiger partial charge in [0.2, 0.25) is 0 Å².